The number of hydrogen-bond donors (Lipinski definition) is 1. The van der Waals surface area contributed by atoms with Crippen molar-refractivity contribution in [2.45, 2.75) is 25.7 Å². The standard InChI is InChI=1S/C11H13FO2/c1-3-11(2,10(13)14)8-5-4-6-9(12)7-8/h4-7H,3H2,1-2H3,(H,13,14). The van der Waals surface area contributed by atoms with Crippen LogP contribution < -0.4 is 0 Å². The Bertz CT molecular complexity index is 349. The molecule has 1 aromatic rings. The topological polar surface area (TPSA) is 37.3 Å². The number of rotatable bonds is 3. The Morgan fingerprint density at radius 2 is 2.21 bits per heavy atom. The normalized spacial score (nSPS) is 14.8. The van der Waals surface area contributed by atoms with E-state index in [1.165, 1.54) is 18.2 Å². The first-order valence-corrected chi connectivity index (χ1v) is 4.50. The van der Waals surface area contributed by atoms with E-state index in [1.54, 1.807) is 19.9 Å². The molecule has 0 aliphatic carbocycles. The first-order chi connectivity index (χ1) is 6.50. The van der Waals surface area contributed by atoms with Gasteiger partial charge in [0.05, 0.1) is 5.41 Å². The maximum absolute atomic E-state index is 12.9. The Morgan fingerprint density at radius 3 is 2.64 bits per heavy atom. The lowest BCUT2D eigenvalue weighted by molar-refractivity contribution is -0.143. The molecule has 0 spiro atoms. The highest BCUT2D eigenvalue weighted by molar-refractivity contribution is 5.80. The van der Waals surface area contributed by atoms with Crippen molar-refractivity contribution in [3.63, 3.8) is 0 Å². The van der Waals surface area contributed by atoms with Gasteiger partial charge in [0.1, 0.15) is 5.82 Å². The van der Waals surface area contributed by atoms with Crippen LogP contribution in [0.1, 0.15) is 25.8 Å². The molecular formula is C11H13FO2. The molecule has 0 radical (unpaired) electrons. The zero-order valence-corrected chi connectivity index (χ0v) is 8.25. The molecular weight excluding hydrogens is 183 g/mol. The van der Waals surface area contributed by atoms with E-state index in [4.69, 9.17) is 5.11 Å². The van der Waals surface area contributed by atoms with Crippen molar-refractivity contribution in [2.24, 2.45) is 0 Å². The van der Waals surface area contributed by atoms with E-state index >= 15 is 0 Å². The number of carboxylic acids is 1. The van der Waals surface area contributed by atoms with E-state index in [1.807, 2.05) is 0 Å². The molecule has 1 aromatic carbocycles. The third-order valence-electron chi connectivity index (χ3n) is 2.64. The number of halogens is 1. The van der Waals surface area contributed by atoms with Crippen molar-refractivity contribution in [2.75, 3.05) is 0 Å². The van der Waals surface area contributed by atoms with Gasteiger partial charge in [-0.25, -0.2) is 4.39 Å². The lowest BCUT2D eigenvalue weighted by Crippen LogP contribution is -2.31. The van der Waals surface area contributed by atoms with Crippen LogP contribution in [-0.4, -0.2) is 11.1 Å². The van der Waals surface area contributed by atoms with E-state index in [0.29, 0.717) is 12.0 Å². The summed E-state index contributed by atoms with van der Waals surface area (Å²) in [5, 5.41) is 9.05. The summed E-state index contributed by atoms with van der Waals surface area (Å²) in [6.45, 7) is 3.38. The summed E-state index contributed by atoms with van der Waals surface area (Å²) in [5.41, 5.74) is -0.491. The first-order valence-electron chi connectivity index (χ1n) is 4.50. The lowest BCUT2D eigenvalue weighted by atomic mass is 9.80. The molecule has 3 heteroatoms. The van der Waals surface area contributed by atoms with Gasteiger partial charge >= 0.3 is 5.97 Å². The van der Waals surface area contributed by atoms with E-state index in [2.05, 4.69) is 0 Å². The molecule has 2 nitrogen and oxygen atoms in total. The van der Waals surface area contributed by atoms with Crippen molar-refractivity contribution < 1.29 is 14.3 Å². The van der Waals surface area contributed by atoms with Gasteiger partial charge in [-0.05, 0) is 31.0 Å². The monoisotopic (exact) mass is 196 g/mol. The highest BCUT2D eigenvalue weighted by Gasteiger charge is 2.33. The van der Waals surface area contributed by atoms with Crippen LogP contribution in [0.25, 0.3) is 0 Å². The second kappa shape index (κ2) is 3.78. The SMILES string of the molecule is CCC(C)(C(=O)O)c1cccc(F)c1. The molecule has 0 saturated carbocycles. The summed E-state index contributed by atoms with van der Waals surface area (Å²) >= 11 is 0. The highest BCUT2D eigenvalue weighted by atomic mass is 19.1. The molecule has 0 aromatic heterocycles. The van der Waals surface area contributed by atoms with Crippen LogP contribution in [0, 0.1) is 5.82 Å². The molecule has 0 aliphatic heterocycles. The van der Waals surface area contributed by atoms with Crippen molar-refractivity contribution in [1.29, 1.82) is 0 Å². The fourth-order valence-corrected chi connectivity index (χ4v) is 1.31. The van der Waals surface area contributed by atoms with Crippen LogP contribution in [0.2, 0.25) is 0 Å². The summed E-state index contributed by atoms with van der Waals surface area (Å²) in [4.78, 5) is 11.0. The van der Waals surface area contributed by atoms with E-state index in [-0.39, 0.29) is 0 Å². The molecule has 0 amide bonds. The summed E-state index contributed by atoms with van der Waals surface area (Å²) in [7, 11) is 0. The van der Waals surface area contributed by atoms with Gasteiger partial charge in [0.25, 0.3) is 0 Å². The summed E-state index contributed by atoms with van der Waals surface area (Å²) in [5.74, 6) is -1.32. The molecule has 1 N–H and O–H groups in total. The van der Waals surface area contributed by atoms with Crippen molar-refractivity contribution in [1.82, 2.24) is 0 Å². The van der Waals surface area contributed by atoms with Crippen molar-refractivity contribution >= 4 is 5.97 Å². The quantitative estimate of drug-likeness (QED) is 0.806. The number of carbonyl (C=O) groups is 1. The molecule has 14 heavy (non-hydrogen) atoms. The number of benzene rings is 1. The minimum absolute atomic E-state index is 0.400. The molecule has 1 rings (SSSR count). The number of carboxylic acid groups (broad SMARTS) is 1. The molecule has 1 atom stereocenters. The Morgan fingerprint density at radius 1 is 1.57 bits per heavy atom. The van der Waals surface area contributed by atoms with Gasteiger partial charge in [-0.3, -0.25) is 4.79 Å². The molecule has 0 fully saturated rings. The Labute approximate surface area is 82.4 Å². The molecule has 0 bridgehead atoms. The van der Waals surface area contributed by atoms with Crippen LogP contribution in [0.4, 0.5) is 4.39 Å². The van der Waals surface area contributed by atoms with Gasteiger partial charge in [0.15, 0.2) is 0 Å². The second-order valence-electron chi connectivity index (χ2n) is 3.50. The Balaban J connectivity index is 3.19. The van der Waals surface area contributed by atoms with Gasteiger partial charge in [-0.2, -0.15) is 0 Å². The molecule has 1 unspecified atom stereocenters. The zero-order chi connectivity index (χ0) is 10.8. The Hall–Kier alpha value is -1.38. The highest BCUT2D eigenvalue weighted by Crippen LogP contribution is 2.27. The third kappa shape index (κ3) is 1.76. The van der Waals surface area contributed by atoms with Crippen molar-refractivity contribution in [3.8, 4) is 0 Å². The average molecular weight is 196 g/mol. The fraction of sp³-hybridized carbons (Fsp3) is 0.364. The Kier molecular flexibility index (Phi) is 2.89. The van der Waals surface area contributed by atoms with Crippen molar-refractivity contribution in [3.05, 3.63) is 35.6 Å². The second-order valence-corrected chi connectivity index (χ2v) is 3.50. The predicted molar refractivity (Wildman–Crippen MR) is 51.7 cm³/mol. The summed E-state index contributed by atoms with van der Waals surface area (Å²) in [6.07, 6.45) is 0.436. The largest absolute Gasteiger partial charge is 0.481 e. The number of hydrogen-bond acceptors (Lipinski definition) is 1. The first kappa shape index (κ1) is 10.7. The van der Waals surface area contributed by atoms with Gasteiger partial charge < -0.3 is 5.11 Å². The maximum Gasteiger partial charge on any atom is 0.313 e. The van der Waals surface area contributed by atoms with Crippen LogP contribution in [0.5, 0.6) is 0 Å². The zero-order valence-electron chi connectivity index (χ0n) is 8.25. The molecule has 0 heterocycles. The average Bonchev–Trinajstić information content (AvgIpc) is 2.16. The number of aliphatic carboxylic acids is 1. The van der Waals surface area contributed by atoms with Gasteiger partial charge in [0, 0.05) is 0 Å². The fourth-order valence-electron chi connectivity index (χ4n) is 1.31. The lowest BCUT2D eigenvalue weighted by Gasteiger charge is -2.23. The van der Waals surface area contributed by atoms with Crippen LogP contribution in [-0.2, 0) is 10.2 Å². The van der Waals surface area contributed by atoms with Crippen LogP contribution in [0.15, 0.2) is 24.3 Å². The van der Waals surface area contributed by atoms with Gasteiger partial charge in [-0.15, -0.1) is 0 Å². The van der Waals surface area contributed by atoms with E-state index in [9.17, 15) is 9.18 Å². The molecule has 0 saturated heterocycles. The maximum atomic E-state index is 12.9. The smallest absolute Gasteiger partial charge is 0.313 e. The minimum Gasteiger partial charge on any atom is -0.481 e. The van der Waals surface area contributed by atoms with E-state index < -0.39 is 17.2 Å². The summed E-state index contributed by atoms with van der Waals surface area (Å²) in [6, 6.07) is 5.75. The summed E-state index contributed by atoms with van der Waals surface area (Å²) < 4.78 is 12.9. The predicted octanol–water partition coefficient (Wildman–Crippen LogP) is 2.58. The van der Waals surface area contributed by atoms with Crippen LogP contribution in [0.3, 0.4) is 0 Å². The van der Waals surface area contributed by atoms with E-state index in [0.717, 1.165) is 0 Å². The molecule has 76 valence electrons. The van der Waals surface area contributed by atoms with Crippen LogP contribution >= 0.6 is 0 Å². The molecule has 0 aliphatic rings. The minimum atomic E-state index is -0.998. The van der Waals surface area contributed by atoms with Gasteiger partial charge in [0.2, 0.25) is 0 Å². The van der Waals surface area contributed by atoms with Gasteiger partial charge in [-0.1, -0.05) is 19.1 Å². The third-order valence-corrected chi connectivity index (χ3v) is 2.64.